The van der Waals surface area contributed by atoms with Crippen LogP contribution in [0.15, 0.2) is 330 Å². The first-order chi connectivity index (χ1) is 65.9. The first-order valence-corrected chi connectivity index (χ1v) is 50.0. The average Bonchev–Trinajstić information content (AvgIpc) is 1.64. The Bertz CT molecular complexity index is 6610. The van der Waals surface area contributed by atoms with Crippen molar-refractivity contribution in [3.8, 4) is 5.75 Å². The number of phenolic OH excluding ortho intramolecular Hbond substituents is 1. The van der Waals surface area contributed by atoms with Crippen molar-refractivity contribution in [2.45, 2.75) is 309 Å². The minimum Gasteiger partial charge on any atom is -0.508 e. The van der Waals surface area contributed by atoms with E-state index in [1.807, 2.05) is 133 Å². The molecular weight excluding hydrogens is 1750 g/mol. The van der Waals surface area contributed by atoms with E-state index in [0.29, 0.717) is 11.8 Å². The van der Waals surface area contributed by atoms with E-state index in [0.717, 1.165) is 56.1 Å². The van der Waals surface area contributed by atoms with Crippen LogP contribution in [0.25, 0.3) is 65.9 Å². The van der Waals surface area contributed by atoms with Gasteiger partial charge in [0, 0.05) is 104 Å². The number of hydrogen-bond donors (Lipinski definition) is 3. The van der Waals surface area contributed by atoms with Crippen LogP contribution in [0.3, 0.4) is 0 Å². The van der Waals surface area contributed by atoms with Gasteiger partial charge in [0.1, 0.15) is 39.8 Å². The first-order valence-electron chi connectivity index (χ1n) is 50.0. The number of halogens is 1. The number of furan rings is 3. The van der Waals surface area contributed by atoms with E-state index >= 15 is 0 Å². The van der Waals surface area contributed by atoms with Crippen molar-refractivity contribution < 1.29 is 22.7 Å². The monoisotopic (exact) mass is 1910 g/mol. The Hall–Kier alpha value is -13.1. The minimum absolute atomic E-state index is 0.0864. The van der Waals surface area contributed by atoms with Gasteiger partial charge in [0.15, 0.2) is 0 Å². The third kappa shape index (κ3) is 30.5. The zero-order valence-corrected chi connectivity index (χ0v) is 92.1. The number of aryl methyl sites for hydroxylation is 3. The van der Waals surface area contributed by atoms with Gasteiger partial charge >= 0.3 is 0 Å². The molecular formula is C127H163FN10O4. The highest BCUT2D eigenvalue weighted by Crippen LogP contribution is 2.38. The molecule has 142 heavy (non-hydrogen) atoms. The largest absolute Gasteiger partial charge is 0.508 e. The molecule has 6 aromatic carbocycles. The van der Waals surface area contributed by atoms with Crippen LogP contribution < -0.4 is 5.43 Å². The molecule has 12 aromatic heterocycles. The summed E-state index contributed by atoms with van der Waals surface area (Å²) in [6, 6.07) is 77.2. The quantitative estimate of drug-likeness (QED) is 0.135. The fourth-order valence-electron chi connectivity index (χ4n) is 16.3. The van der Waals surface area contributed by atoms with Crippen LogP contribution >= 0.6 is 0 Å². The number of allylic oxidation sites excluding steroid dienone is 2. The molecule has 20 rings (SSSR count). The number of rotatable bonds is 0. The zero-order chi connectivity index (χ0) is 105. The number of H-pyrrole nitrogens is 1. The third-order valence-corrected chi connectivity index (χ3v) is 24.9. The highest BCUT2D eigenvalue weighted by atomic mass is 19.1. The maximum atomic E-state index is 13.1. The van der Waals surface area contributed by atoms with Gasteiger partial charge in [-0.3, -0.25) is 10.1 Å². The van der Waals surface area contributed by atoms with Gasteiger partial charge < -0.3 is 32.6 Å². The number of nitrogens with zero attached hydrogens (tertiary/aromatic N) is 8. The second-order valence-corrected chi connectivity index (χ2v) is 48.7. The summed E-state index contributed by atoms with van der Waals surface area (Å²) in [4.78, 5) is 0. The molecule has 0 fully saturated rings. The molecule has 0 aliphatic carbocycles. The van der Waals surface area contributed by atoms with Gasteiger partial charge in [0.25, 0.3) is 0 Å². The Morgan fingerprint density at radius 2 is 0.930 bits per heavy atom. The fourth-order valence-corrected chi connectivity index (χ4v) is 16.3. The van der Waals surface area contributed by atoms with E-state index in [-0.39, 0.29) is 65.4 Å². The second kappa shape index (κ2) is 45.0. The second-order valence-electron chi connectivity index (χ2n) is 48.7. The molecule has 0 bridgehead atoms. The molecule has 0 radical (unpaired) electrons. The van der Waals surface area contributed by atoms with Crippen LogP contribution in [-0.2, 0) is 54.1 Å². The number of aromatic hydroxyl groups is 1. The van der Waals surface area contributed by atoms with Crippen LogP contribution in [0.5, 0.6) is 5.75 Å². The van der Waals surface area contributed by atoms with E-state index in [2.05, 4.69) is 445 Å². The van der Waals surface area contributed by atoms with Crippen LogP contribution in [-0.4, -0.2) is 54.4 Å². The van der Waals surface area contributed by atoms with Gasteiger partial charge in [-0.15, -0.1) is 0 Å². The van der Waals surface area contributed by atoms with Gasteiger partial charge in [0.05, 0.1) is 46.4 Å². The maximum absolute atomic E-state index is 13.1. The van der Waals surface area contributed by atoms with Crippen molar-refractivity contribution in [3.63, 3.8) is 0 Å². The Labute approximate surface area is 847 Å². The lowest BCUT2D eigenvalue weighted by Crippen LogP contribution is -2.34. The van der Waals surface area contributed by atoms with Crippen molar-refractivity contribution in [2.24, 2.45) is 5.41 Å². The summed E-state index contributed by atoms with van der Waals surface area (Å²) in [7, 11) is 0. The number of hydrogen-bond acceptors (Lipinski definition) is 9. The molecule has 0 saturated heterocycles. The lowest BCUT2D eigenvalue weighted by atomic mass is 9.85. The molecule has 14 nitrogen and oxygen atoms in total. The highest BCUT2D eigenvalue weighted by Gasteiger charge is 2.28. The highest BCUT2D eigenvalue weighted by molar-refractivity contribution is 5.83. The van der Waals surface area contributed by atoms with Crippen molar-refractivity contribution in [1.29, 1.82) is 0 Å². The summed E-state index contributed by atoms with van der Waals surface area (Å²) >= 11 is 0. The van der Waals surface area contributed by atoms with Crippen LogP contribution in [0, 0.1) is 32.0 Å². The topological polar surface area (TPSA) is 147 Å². The van der Waals surface area contributed by atoms with Crippen LogP contribution in [0.2, 0.25) is 0 Å². The summed E-state index contributed by atoms with van der Waals surface area (Å²) in [5.74, 6) is 2.38. The molecule has 0 spiro atoms. The Balaban J connectivity index is 0.000000161. The van der Waals surface area contributed by atoms with E-state index in [4.69, 9.17) is 13.3 Å². The van der Waals surface area contributed by atoms with Gasteiger partial charge in [-0.1, -0.05) is 356 Å². The standard InChI is InChI=1S/C13H17N.C13H16O.C12H16N2.C12H15N.2C12H14O.C11H14N2.C11H16N2.C11H14N2.C10H13F.C10H14O/c1-10-11(13(2,3)4)9-14-8-6-5-7-12(10)14;1-9-10-7-5-6-8-11(10)14-12(9)13(2,3)4;1-9-10-7-5-6-8-14(10)13-11(9)12(2,3)4;1-12(2,3)10-8-11-6-4-5-7-13(11)9-10;1-12(2,3)10-5-4-9-6-7-13-11(9)8-10;1-12(2,3)11-8-9-6-4-5-7-10(9)13-11;1-11(2,3)9-5-4-8-7-12-13-10(8)6-9;1-11(2,3)9-4-5-10-6-7-12-13(10)8-9;1-11(2,3)10-8-9-6-4-5-7-13(9)12-10;1-10(2,3)8-6-4-5-7-9(8)11;1-10(2,3)8-5-4-6-9(11)7-8/h5-9H,1-4H3;2*5-8H,1-4H3;4-9H,1-3H3;2*4-8H,1-3H3;4-7H,1-3H3,(H,12,13);4-8,10,12H,1-3H3;4-8H,1-3H3;4-7H,1-3H3;4-7,11H,1-3H3. The maximum Gasteiger partial charge on any atom is 0.134 e. The molecule has 14 heterocycles. The number of pyridine rings is 4. The summed E-state index contributed by atoms with van der Waals surface area (Å²) in [5.41, 5.74) is 28.8. The van der Waals surface area contributed by atoms with E-state index < -0.39 is 0 Å². The Morgan fingerprint density at radius 1 is 0.373 bits per heavy atom. The number of aromatic amines is 1. The summed E-state index contributed by atoms with van der Waals surface area (Å²) in [6.07, 6.45) is 27.0. The number of hydrazine groups is 1. The molecule has 0 amide bonds. The molecule has 2 aliphatic heterocycles. The van der Waals surface area contributed by atoms with Crippen molar-refractivity contribution >= 4 is 65.9 Å². The number of nitrogens with one attached hydrogen (secondary N) is 2. The zero-order valence-electron chi connectivity index (χ0n) is 92.1. The molecule has 15 heteroatoms. The average molecular weight is 1910 g/mol. The van der Waals surface area contributed by atoms with Crippen LogP contribution in [0.4, 0.5) is 4.39 Å². The molecule has 3 N–H and O–H groups in total. The van der Waals surface area contributed by atoms with E-state index in [9.17, 15) is 9.50 Å². The van der Waals surface area contributed by atoms with Crippen molar-refractivity contribution in [1.82, 2.24) is 48.7 Å². The molecule has 1 unspecified atom stereocenters. The Kier molecular flexibility index (Phi) is 35.1. The van der Waals surface area contributed by atoms with E-state index in [1.54, 1.807) is 24.5 Å². The third-order valence-electron chi connectivity index (χ3n) is 24.9. The normalized spacial score (nSPS) is 13.4. The molecule has 18 aromatic rings. The summed E-state index contributed by atoms with van der Waals surface area (Å²) < 4.78 is 38.3. The molecule has 2 aliphatic rings. The number of aromatic nitrogens is 8. The predicted molar refractivity (Wildman–Crippen MR) is 600 cm³/mol. The number of phenols is 1. The first kappa shape index (κ1) is 111. The number of para-hydroxylation sites is 2. The summed E-state index contributed by atoms with van der Waals surface area (Å²) in [6.45, 7) is 78.4. The van der Waals surface area contributed by atoms with Gasteiger partial charge in [-0.25, -0.2) is 13.4 Å². The lowest BCUT2D eigenvalue weighted by Gasteiger charge is -2.30. The minimum atomic E-state index is -0.111. The molecule has 752 valence electrons. The van der Waals surface area contributed by atoms with Crippen LogP contribution in [0.1, 0.15) is 301 Å². The van der Waals surface area contributed by atoms with Crippen molar-refractivity contribution in [2.75, 3.05) is 0 Å². The van der Waals surface area contributed by atoms with Gasteiger partial charge in [0.2, 0.25) is 0 Å². The smallest absolute Gasteiger partial charge is 0.134 e. The predicted octanol–water partition coefficient (Wildman–Crippen LogP) is 34.7. The molecule has 0 saturated carbocycles. The molecule has 1 atom stereocenters. The fraction of sp³-hybridized carbons (Fsp3) is 0.378. The number of fused-ring (bicyclic) bond motifs is 9. The SMILES string of the molecule is CC(C)(C)C1=CN2NC=CC2C=C1.CC(C)(C)c1cc2ccccc2o1.CC(C)(C)c1cc2ccccn2c1.CC(C)(C)c1cc2ccccn2n1.CC(C)(C)c1ccc2ccoc2c1.CC(C)(C)c1ccc2cn[nH]c2c1.CC(C)(C)c1cccc(O)c1.CC(C)(C)c1ccccc1F.Cc1c(C(C)(C)C)cn2ccccc12.Cc1c(C(C)(C)C)nn2ccccc12.Cc1c(C(C)(C)C)oc2ccccc12. The Morgan fingerprint density at radius 3 is 1.47 bits per heavy atom. The van der Waals surface area contributed by atoms with Gasteiger partial charge in [-0.05, 0) is 236 Å². The van der Waals surface area contributed by atoms with Gasteiger partial charge in [-0.2, -0.15) is 15.3 Å². The summed E-state index contributed by atoms with van der Waals surface area (Å²) in [5, 5.41) is 32.2. The van der Waals surface area contributed by atoms with E-state index in [1.165, 1.54) is 94.4 Å². The lowest BCUT2D eigenvalue weighted by molar-refractivity contribution is 0.312. The number of benzene rings is 6. The van der Waals surface area contributed by atoms with Crippen molar-refractivity contribution in [3.05, 3.63) is 395 Å².